The van der Waals surface area contributed by atoms with Crippen molar-refractivity contribution in [1.29, 1.82) is 0 Å². The normalized spacial score (nSPS) is 12.5. The fraction of sp³-hybridized carbons (Fsp3) is 0.615. The molecule has 1 heterocycles. The largest absolute Gasteiger partial charge is 0.330 e. The van der Waals surface area contributed by atoms with Crippen LogP contribution >= 0.6 is 0 Å². The number of aryl methyl sites for hydroxylation is 2. The zero-order valence-electron chi connectivity index (χ0n) is 11.0. The van der Waals surface area contributed by atoms with Gasteiger partial charge in [0.05, 0.1) is 0 Å². The summed E-state index contributed by atoms with van der Waals surface area (Å²) in [6.45, 7) is 6.78. The number of carbonyl (C=O) groups excluding carboxylic acids is 1. The molecule has 1 aromatic rings. The SMILES string of the molecule is Cc1ccc(C)n1NC(=O)CCC(C)CCN. The maximum atomic E-state index is 11.8. The lowest BCUT2D eigenvalue weighted by Gasteiger charge is -2.13. The number of hydrogen-bond acceptors (Lipinski definition) is 2. The highest BCUT2D eigenvalue weighted by Crippen LogP contribution is 2.10. The van der Waals surface area contributed by atoms with Crippen molar-refractivity contribution in [3.05, 3.63) is 23.5 Å². The third-order valence-electron chi connectivity index (χ3n) is 3.03. The van der Waals surface area contributed by atoms with Gasteiger partial charge in [0.25, 0.3) is 0 Å². The third kappa shape index (κ3) is 4.23. The first-order valence-electron chi connectivity index (χ1n) is 6.19. The molecule has 0 aliphatic rings. The van der Waals surface area contributed by atoms with E-state index in [9.17, 15) is 4.79 Å². The number of aromatic nitrogens is 1. The quantitative estimate of drug-likeness (QED) is 0.794. The van der Waals surface area contributed by atoms with Crippen LogP contribution in [-0.4, -0.2) is 17.1 Å². The van der Waals surface area contributed by atoms with Crippen LogP contribution in [0, 0.1) is 19.8 Å². The molecule has 4 nitrogen and oxygen atoms in total. The summed E-state index contributed by atoms with van der Waals surface area (Å²) in [5.41, 5.74) is 10.5. The summed E-state index contributed by atoms with van der Waals surface area (Å²) in [5.74, 6) is 0.578. The molecule has 3 N–H and O–H groups in total. The van der Waals surface area contributed by atoms with Gasteiger partial charge in [-0.25, -0.2) is 0 Å². The van der Waals surface area contributed by atoms with E-state index in [1.54, 1.807) is 0 Å². The fourth-order valence-electron chi connectivity index (χ4n) is 1.83. The van der Waals surface area contributed by atoms with E-state index in [1.807, 2.05) is 30.7 Å². The number of amides is 1. The van der Waals surface area contributed by atoms with Crippen molar-refractivity contribution in [2.24, 2.45) is 11.7 Å². The van der Waals surface area contributed by atoms with Crippen LogP contribution in [0.3, 0.4) is 0 Å². The highest BCUT2D eigenvalue weighted by atomic mass is 16.2. The Morgan fingerprint density at radius 1 is 1.35 bits per heavy atom. The average Bonchev–Trinajstić information content (AvgIpc) is 2.58. The highest BCUT2D eigenvalue weighted by Gasteiger charge is 2.08. The van der Waals surface area contributed by atoms with Gasteiger partial charge in [0.15, 0.2) is 0 Å². The smallest absolute Gasteiger partial charge is 0.238 e. The van der Waals surface area contributed by atoms with Crippen LogP contribution in [-0.2, 0) is 4.79 Å². The van der Waals surface area contributed by atoms with Crippen LogP contribution in [0.2, 0.25) is 0 Å². The van der Waals surface area contributed by atoms with Gasteiger partial charge in [-0.3, -0.25) is 14.9 Å². The van der Waals surface area contributed by atoms with Gasteiger partial charge in [0, 0.05) is 17.8 Å². The highest BCUT2D eigenvalue weighted by molar-refractivity contribution is 5.83. The number of hydrogen-bond donors (Lipinski definition) is 2. The first-order chi connectivity index (χ1) is 8.04. The standard InChI is InChI=1S/C13H23N3O/c1-10(8-9-14)4-7-13(17)15-16-11(2)5-6-12(16)3/h5-6,10H,4,7-9,14H2,1-3H3,(H,15,17). The van der Waals surface area contributed by atoms with Crippen LogP contribution < -0.4 is 11.2 Å². The van der Waals surface area contributed by atoms with Gasteiger partial charge in [-0.1, -0.05) is 6.92 Å². The van der Waals surface area contributed by atoms with Crippen LogP contribution in [0.15, 0.2) is 12.1 Å². The summed E-state index contributed by atoms with van der Waals surface area (Å²) in [4.78, 5) is 11.8. The number of nitrogens with one attached hydrogen (secondary N) is 1. The molecule has 0 spiro atoms. The predicted molar refractivity (Wildman–Crippen MR) is 70.3 cm³/mol. The fourth-order valence-corrected chi connectivity index (χ4v) is 1.83. The lowest BCUT2D eigenvalue weighted by molar-refractivity contribution is -0.117. The Hall–Kier alpha value is -1.29. The van der Waals surface area contributed by atoms with Crippen molar-refractivity contribution < 1.29 is 4.79 Å². The Morgan fingerprint density at radius 3 is 2.47 bits per heavy atom. The molecule has 1 rings (SSSR count). The topological polar surface area (TPSA) is 60.0 Å². The van der Waals surface area contributed by atoms with Gasteiger partial charge < -0.3 is 5.73 Å². The lowest BCUT2D eigenvalue weighted by atomic mass is 10.0. The second-order valence-corrected chi connectivity index (χ2v) is 4.71. The number of carbonyl (C=O) groups is 1. The maximum Gasteiger partial charge on any atom is 0.238 e. The second-order valence-electron chi connectivity index (χ2n) is 4.71. The van der Waals surface area contributed by atoms with Crippen LogP contribution in [0.4, 0.5) is 0 Å². The van der Waals surface area contributed by atoms with E-state index in [0.717, 1.165) is 24.2 Å². The second kappa shape index (κ2) is 6.45. The summed E-state index contributed by atoms with van der Waals surface area (Å²) in [6.07, 6.45) is 2.43. The van der Waals surface area contributed by atoms with Gasteiger partial charge >= 0.3 is 0 Å². The van der Waals surface area contributed by atoms with E-state index in [4.69, 9.17) is 5.73 Å². The molecule has 4 heteroatoms. The summed E-state index contributed by atoms with van der Waals surface area (Å²) in [6, 6.07) is 3.99. The molecule has 0 aliphatic carbocycles. The van der Waals surface area contributed by atoms with Crippen molar-refractivity contribution in [3.63, 3.8) is 0 Å². The zero-order valence-corrected chi connectivity index (χ0v) is 11.0. The summed E-state index contributed by atoms with van der Waals surface area (Å²) in [5, 5.41) is 0. The van der Waals surface area contributed by atoms with Gasteiger partial charge in [0.2, 0.25) is 5.91 Å². The monoisotopic (exact) mass is 237 g/mol. The molecule has 17 heavy (non-hydrogen) atoms. The Morgan fingerprint density at radius 2 is 1.94 bits per heavy atom. The minimum atomic E-state index is 0.0660. The van der Waals surface area contributed by atoms with Gasteiger partial charge in [-0.2, -0.15) is 0 Å². The maximum absolute atomic E-state index is 11.8. The Balaban J connectivity index is 2.40. The van der Waals surface area contributed by atoms with Crippen molar-refractivity contribution in [3.8, 4) is 0 Å². The van der Waals surface area contributed by atoms with Crippen molar-refractivity contribution >= 4 is 5.91 Å². The first kappa shape index (κ1) is 13.8. The molecule has 0 aliphatic heterocycles. The number of nitrogens with two attached hydrogens (primary N) is 1. The molecule has 0 saturated carbocycles. The van der Waals surface area contributed by atoms with E-state index in [-0.39, 0.29) is 5.91 Å². The molecule has 1 unspecified atom stereocenters. The molecule has 96 valence electrons. The predicted octanol–water partition coefficient (Wildman–Crippen LogP) is 1.94. The van der Waals surface area contributed by atoms with Gasteiger partial charge in [-0.15, -0.1) is 0 Å². The van der Waals surface area contributed by atoms with Crippen molar-refractivity contribution in [2.75, 3.05) is 12.0 Å². The van der Waals surface area contributed by atoms with E-state index >= 15 is 0 Å². The molecule has 1 amide bonds. The van der Waals surface area contributed by atoms with Crippen LogP contribution in [0.25, 0.3) is 0 Å². The minimum Gasteiger partial charge on any atom is -0.330 e. The summed E-state index contributed by atoms with van der Waals surface area (Å²) >= 11 is 0. The van der Waals surface area contributed by atoms with Gasteiger partial charge in [0.1, 0.15) is 0 Å². The van der Waals surface area contributed by atoms with Crippen LogP contribution in [0.1, 0.15) is 37.6 Å². The summed E-state index contributed by atoms with van der Waals surface area (Å²) < 4.78 is 1.83. The molecule has 0 radical (unpaired) electrons. The molecule has 1 aromatic heterocycles. The molecule has 0 fully saturated rings. The van der Waals surface area contributed by atoms with Gasteiger partial charge in [-0.05, 0) is 51.3 Å². The third-order valence-corrected chi connectivity index (χ3v) is 3.03. The Kier molecular flexibility index (Phi) is 5.22. The average molecular weight is 237 g/mol. The molecular formula is C13H23N3O. The molecule has 0 aromatic carbocycles. The van der Waals surface area contributed by atoms with E-state index < -0.39 is 0 Å². The molecule has 0 bridgehead atoms. The minimum absolute atomic E-state index is 0.0660. The lowest BCUT2D eigenvalue weighted by Crippen LogP contribution is -2.25. The van der Waals surface area contributed by atoms with E-state index in [1.165, 1.54) is 0 Å². The van der Waals surface area contributed by atoms with Crippen molar-refractivity contribution in [2.45, 2.75) is 40.0 Å². The van der Waals surface area contributed by atoms with Crippen molar-refractivity contribution in [1.82, 2.24) is 4.68 Å². The Labute approximate surface area is 103 Å². The zero-order chi connectivity index (χ0) is 12.8. The van der Waals surface area contributed by atoms with Crippen LogP contribution in [0.5, 0.6) is 0 Å². The first-order valence-corrected chi connectivity index (χ1v) is 6.19. The number of rotatable bonds is 6. The Bertz CT molecular complexity index is 351. The van der Waals surface area contributed by atoms with E-state index in [0.29, 0.717) is 18.9 Å². The molecule has 0 saturated heterocycles. The molecule has 1 atom stereocenters. The van der Waals surface area contributed by atoms with E-state index in [2.05, 4.69) is 12.3 Å². The molecular weight excluding hydrogens is 214 g/mol. The number of nitrogens with zero attached hydrogens (tertiary/aromatic N) is 1. The summed E-state index contributed by atoms with van der Waals surface area (Å²) in [7, 11) is 0.